The third-order valence-electron chi connectivity index (χ3n) is 8.11. The first kappa shape index (κ1) is 28.8. The number of hydrogen-bond acceptors (Lipinski definition) is 5. The Labute approximate surface area is 224 Å². The number of rotatable bonds is 9. The third kappa shape index (κ3) is 8.67. The summed E-state index contributed by atoms with van der Waals surface area (Å²) in [5.41, 5.74) is 0.932. The Balaban J connectivity index is 0.00000361. The number of ether oxygens (including phenoxy) is 2. The number of carbonyl (C=O) groups is 1. The SMILES string of the molecule is COc1cc(C=CC(=O)N[C@H]2CC[C@H](C)CC2)ccc1OCCN1CCC(N2CCCCC2)CC1.Cl. The summed E-state index contributed by atoms with van der Waals surface area (Å²) in [6, 6.07) is 6.95. The molecule has 3 aliphatic rings. The number of nitrogens with zero attached hydrogens (tertiary/aromatic N) is 2. The molecule has 1 aliphatic carbocycles. The standard InChI is InChI=1S/C29H45N3O3.ClH/c1-23-6-10-25(11-7-23)30-29(33)13-9-24-8-12-27(28(22-24)34-2)35-21-20-31-18-14-26(15-19-31)32-16-4-3-5-17-32;/h8-9,12-13,22-23,25-26H,3-7,10-11,14-21H2,1-2H3,(H,30,33);1H/t23-,25-;. The van der Waals surface area contributed by atoms with Crippen LogP contribution >= 0.6 is 12.4 Å². The van der Waals surface area contributed by atoms with Crippen LogP contribution in [-0.4, -0.2) is 74.2 Å². The van der Waals surface area contributed by atoms with E-state index in [1.165, 1.54) is 58.0 Å². The molecule has 0 aromatic heterocycles. The fraction of sp³-hybridized carbons (Fsp3) is 0.690. The Hall–Kier alpha value is -1.76. The van der Waals surface area contributed by atoms with Crippen molar-refractivity contribution in [3.8, 4) is 11.5 Å². The van der Waals surface area contributed by atoms with Gasteiger partial charge >= 0.3 is 0 Å². The normalized spacial score (nSPS) is 24.3. The lowest BCUT2D eigenvalue weighted by molar-refractivity contribution is -0.117. The maximum Gasteiger partial charge on any atom is 0.244 e. The van der Waals surface area contributed by atoms with Gasteiger partial charge in [0.2, 0.25) is 5.91 Å². The zero-order valence-electron chi connectivity index (χ0n) is 22.3. The molecule has 0 unspecified atom stereocenters. The van der Waals surface area contributed by atoms with Crippen LogP contribution in [0.15, 0.2) is 24.3 Å². The minimum absolute atomic E-state index is 0. The minimum Gasteiger partial charge on any atom is -0.493 e. The van der Waals surface area contributed by atoms with Crippen molar-refractivity contribution in [1.29, 1.82) is 0 Å². The van der Waals surface area contributed by atoms with E-state index in [4.69, 9.17) is 9.47 Å². The lowest BCUT2D eigenvalue weighted by atomic mass is 9.87. The van der Waals surface area contributed by atoms with E-state index < -0.39 is 0 Å². The lowest BCUT2D eigenvalue weighted by Gasteiger charge is -2.40. The molecule has 0 atom stereocenters. The summed E-state index contributed by atoms with van der Waals surface area (Å²) in [6.07, 6.45) is 14.7. The monoisotopic (exact) mass is 519 g/mol. The largest absolute Gasteiger partial charge is 0.493 e. The first-order valence-electron chi connectivity index (χ1n) is 13.9. The van der Waals surface area contributed by atoms with Crippen LogP contribution in [0.3, 0.4) is 0 Å². The number of halogens is 1. The van der Waals surface area contributed by atoms with Crippen molar-refractivity contribution in [1.82, 2.24) is 15.1 Å². The quantitative estimate of drug-likeness (QED) is 0.457. The molecule has 0 radical (unpaired) electrons. The van der Waals surface area contributed by atoms with E-state index in [1.54, 1.807) is 13.2 Å². The van der Waals surface area contributed by atoms with Crippen molar-refractivity contribution in [2.75, 3.05) is 46.4 Å². The van der Waals surface area contributed by atoms with Gasteiger partial charge in [0, 0.05) is 24.7 Å². The van der Waals surface area contributed by atoms with E-state index in [-0.39, 0.29) is 18.3 Å². The maximum absolute atomic E-state index is 12.3. The molecule has 0 spiro atoms. The first-order chi connectivity index (χ1) is 17.1. The Morgan fingerprint density at radius 1 is 1.00 bits per heavy atom. The molecule has 2 saturated heterocycles. The van der Waals surface area contributed by atoms with Crippen LogP contribution in [0.25, 0.3) is 6.08 Å². The average molecular weight is 520 g/mol. The van der Waals surface area contributed by atoms with Gasteiger partial charge in [-0.2, -0.15) is 0 Å². The molecule has 36 heavy (non-hydrogen) atoms. The van der Waals surface area contributed by atoms with Crippen molar-refractivity contribution >= 4 is 24.4 Å². The minimum atomic E-state index is -0.0205. The number of piperidine rings is 2. The van der Waals surface area contributed by atoms with Gasteiger partial charge < -0.3 is 19.7 Å². The van der Waals surface area contributed by atoms with Gasteiger partial charge in [-0.3, -0.25) is 9.69 Å². The second kappa shape index (κ2) is 14.8. The highest BCUT2D eigenvalue weighted by Crippen LogP contribution is 2.29. The summed E-state index contributed by atoms with van der Waals surface area (Å²) in [5, 5.41) is 3.14. The van der Waals surface area contributed by atoms with E-state index in [0.29, 0.717) is 18.4 Å². The molecule has 1 amide bonds. The Morgan fingerprint density at radius 3 is 2.42 bits per heavy atom. The number of likely N-dealkylation sites (tertiary alicyclic amines) is 2. The highest BCUT2D eigenvalue weighted by molar-refractivity contribution is 5.92. The van der Waals surface area contributed by atoms with Crippen molar-refractivity contribution in [3.05, 3.63) is 29.8 Å². The lowest BCUT2D eigenvalue weighted by Crippen LogP contribution is -2.47. The number of nitrogens with one attached hydrogen (secondary N) is 1. The summed E-state index contributed by atoms with van der Waals surface area (Å²) < 4.78 is 11.7. The molecule has 3 fully saturated rings. The number of methoxy groups -OCH3 is 1. The van der Waals surface area contributed by atoms with E-state index in [1.807, 2.05) is 24.3 Å². The topological polar surface area (TPSA) is 54.0 Å². The van der Waals surface area contributed by atoms with Gasteiger partial charge in [0.15, 0.2) is 11.5 Å². The fourth-order valence-corrected chi connectivity index (χ4v) is 5.81. The van der Waals surface area contributed by atoms with Crippen LogP contribution in [0.5, 0.6) is 11.5 Å². The van der Waals surface area contributed by atoms with Crippen molar-refractivity contribution in [2.45, 2.75) is 76.8 Å². The summed E-state index contributed by atoms with van der Waals surface area (Å²) >= 11 is 0. The van der Waals surface area contributed by atoms with Crippen LogP contribution in [0.2, 0.25) is 0 Å². The predicted molar refractivity (Wildman–Crippen MR) is 149 cm³/mol. The van der Waals surface area contributed by atoms with Gasteiger partial charge in [-0.1, -0.05) is 19.4 Å². The van der Waals surface area contributed by atoms with Crippen LogP contribution in [0, 0.1) is 5.92 Å². The van der Waals surface area contributed by atoms with Gasteiger partial charge in [-0.25, -0.2) is 0 Å². The summed E-state index contributed by atoms with van der Waals surface area (Å²) in [6.45, 7) is 8.80. The zero-order chi connectivity index (χ0) is 24.5. The Kier molecular flexibility index (Phi) is 11.9. The predicted octanol–water partition coefficient (Wildman–Crippen LogP) is 5.15. The van der Waals surface area contributed by atoms with Crippen LogP contribution in [0.4, 0.5) is 0 Å². The zero-order valence-corrected chi connectivity index (χ0v) is 23.1. The van der Waals surface area contributed by atoms with Gasteiger partial charge in [0.25, 0.3) is 0 Å². The van der Waals surface area contributed by atoms with Gasteiger partial charge in [0.05, 0.1) is 7.11 Å². The van der Waals surface area contributed by atoms with Gasteiger partial charge in [-0.05, 0) is 107 Å². The second-order valence-corrected chi connectivity index (χ2v) is 10.7. The van der Waals surface area contributed by atoms with Crippen LogP contribution < -0.4 is 14.8 Å². The molecule has 7 heteroatoms. The highest BCUT2D eigenvalue weighted by atomic mass is 35.5. The molecule has 4 rings (SSSR count). The molecule has 2 heterocycles. The summed E-state index contributed by atoms with van der Waals surface area (Å²) in [5.74, 6) is 2.22. The molecular weight excluding hydrogens is 474 g/mol. The average Bonchev–Trinajstić information content (AvgIpc) is 2.90. The molecule has 1 N–H and O–H groups in total. The van der Waals surface area contributed by atoms with Gasteiger partial charge in [-0.15, -0.1) is 12.4 Å². The smallest absolute Gasteiger partial charge is 0.244 e. The molecule has 1 aromatic carbocycles. The Bertz CT molecular complexity index is 827. The highest BCUT2D eigenvalue weighted by Gasteiger charge is 2.25. The number of carbonyl (C=O) groups excluding carboxylic acids is 1. The van der Waals surface area contributed by atoms with Crippen molar-refractivity contribution in [3.63, 3.8) is 0 Å². The van der Waals surface area contributed by atoms with Gasteiger partial charge in [0.1, 0.15) is 6.61 Å². The molecule has 1 saturated carbocycles. The fourth-order valence-electron chi connectivity index (χ4n) is 5.81. The molecule has 2 aliphatic heterocycles. The van der Waals surface area contributed by atoms with E-state index in [9.17, 15) is 4.79 Å². The van der Waals surface area contributed by atoms with Crippen molar-refractivity contribution in [2.24, 2.45) is 5.92 Å². The molecule has 6 nitrogen and oxygen atoms in total. The third-order valence-corrected chi connectivity index (χ3v) is 8.11. The molecule has 0 bridgehead atoms. The number of amides is 1. The summed E-state index contributed by atoms with van der Waals surface area (Å²) in [4.78, 5) is 17.6. The van der Waals surface area contributed by atoms with E-state index >= 15 is 0 Å². The van der Waals surface area contributed by atoms with Crippen LogP contribution in [0.1, 0.15) is 70.3 Å². The molecule has 1 aromatic rings. The van der Waals surface area contributed by atoms with E-state index in [0.717, 1.165) is 55.7 Å². The van der Waals surface area contributed by atoms with Crippen LogP contribution in [-0.2, 0) is 4.79 Å². The molecular formula is C29H46ClN3O3. The molecule has 202 valence electrons. The second-order valence-electron chi connectivity index (χ2n) is 10.7. The van der Waals surface area contributed by atoms with E-state index in [2.05, 4.69) is 22.0 Å². The first-order valence-corrected chi connectivity index (χ1v) is 13.9. The maximum atomic E-state index is 12.3. The van der Waals surface area contributed by atoms with Crippen molar-refractivity contribution < 1.29 is 14.3 Å². The Morgan fingerprint density at radius 2 is 1.72 bits per heavy atom. The number of benzene rings is 1. The number of hydrogen-bond donors (Lipinski definition) is 1. The summed E-state index contributed by atoms with van der Waals surface area (Å²) in [7, 11) is 1.66.